The molecule has 125 heavy (non-hydrogen) atoms. The second kappa shape index (κ2) is 60.5. The molecule has 0 saturated heterocycles. The second-order valence-electron chi connectivity index (χ2n) is 51.2. The molecule has 0 unspecified atom stereocenters. The van der Waals surface area contributed by atoms with Crippen molar-refractivity contribution >= 4 is 0 Å². The molecule has 0 spiro atoms. The Morgan fingerprint density at radius 2 is 0.456 bits per heavy atom. The van der Waals surface area contributed by atoms with Crippen LogP contribution in [-0.2, 0) is 51.9 Å². The molecule has 10 heteroatoms. The van der Waals surface area contributed by atoms with E-state index in [2.05, 4.69) is 429 Å². The van der Waals surface area contributed by atoms with Crippen molar-refractivity contribution in [1.82, 2.24) is 49.5 Å². The smallest absolute Gasteiger partial charge is 0.102 e. The van der Waals surface area contributed by atoms with E-state index in [0.29, 0.717) is 33.6 Å². The van der Waals surface area contributed by atoms with Gasteiger partial charge in [0.2, 0.25) is 0 Å². The van der Waals surface area contributed by atoms with Crippen LogP contribution in [0.3, 0.4) is 0 Å². The Hall–Kier alpha value is -6.38. The van der Waals surface area contributed by atoms with Gasteiger partial charge in [-0.2, -0.15) is 10.2 Å². The van der Waals surface area contributed by atoms with Crippen LogP contribution in [0.4, 0.5) is 0 Å². The Bertz CT molecular complexity index is 3900. The first kappa shape index (κ1) is 123. The van der Waals surface area contributed by atoms with Crippen LogP contribution in [0.5, 0.6) is 0 Å². The summed E-state index contributed by atoms with van der Waals surface area (Å²) < 4.78 is 7.80. The van der Waals surface area contributed by atoms with Crippen LogP contribution >= 0.6 is 0 Å². The Morgan fingerprint density at radius 1 is 0.216 bits per heavy atom. The maximum absolute atomic E-state index is 4.38. The summed E-state index contributed by atoms with van der Waals surface area (Å²) in [7, 11) is 0. The molecule has 0 aliphatic rings. The summed E-state index contributed by atoms with van der Waals surface area (Å²) in [5.74, 6) is 45.6. The molecule has 0 aliphatic heterocycles. The molecule has 4 rings (SSSR count). The molecular weight excluding hydrogens is 1520 g/mol. The lowest BCUT2D eigenvalue weighted by Crippen LogP contribution is -2.09. The molecule has 0 atom stereocenters. The average molecular weight is 1720 g/mol. The quantitative estimate of drug-likeness (QED) is 0.0357. The third-order valence-electron chi connectivity index (χ3n) is 17.7. The van der Waals surface area contributed by atoms with Crippen molar-refractivity contribution in [3.8, 4) is 82.9 Å². The van der Waals surface area contributed by atoms with Gasteiger partial charge in [0.25, 0.3) is 0 Å². The van der Waals surface area contributed by atoms with Gasteiger partial charge < -0.3 is 0 Å². The van der Waals surface area contributed by atoms with E-state index in [4.69, 9.17) is 0 Å². The van der Waals surface area contributed by atoms with E-state index in [1.165, 1.54) is 127 Å². The number of unbranched alkanes of at least 4 members (excludes halogenated alkanes) is 18. The van der Waals surface area contributed by atoms with E-state index in [9.17, 15) is 0 Å². The molecule has 4 aromatic heterocycles. The van der Waals surface area contributed by atoms with Gasteiger partial charge in [-0.3, -0.25) is 18.7 Å². The highest BCUT2D eigenvalue weighted by atomic mass is 15.4. The summed E-state index contributed by atoms with van der Waals surface area (Å²) in [6.07, 6.45) is 50.1. The zero-order valence-corrected chi connectivity index (χ0v) is 90.7. The molecule has 4 heterocycles. The fourth-order valence-corrected chi connectivity index (χ4v) is 12.1. The summed E-state index contributed by atoms with van der Waals surface area (Å²) in [6.45, 7) is 96.3. The highest BCUT2D eigenvalue weighted by Crippen LogP contribution is 2.28. The fourth-order valence-electron chi connectivity index (χ4n) is 12.1. The first-order valence-corrected chi connectivity index (χ1v) is 49.1. The molecule has 0 bridgehead atoms. The normalized spacial score (nSPS) is 12.1. The SMILES string of the molecule is CC(C)(C)C#CCCCCCCC(C)(C)C.CC(C)(C)C#CCCCCCCCC(C)(C)C.CC(C)(C)C#CCCCCCCCCC(C)(C)C.CC(C)(C)C#CCCCCn1cc(CC(C)(C)C)nn1.CC(C)(C)C#CCCCn1cc(CC(C)(C)C)nn1.CC(C)(C)C#CCCn1cc(CC(C)(C)C)cn1.CC(C)(C)C#CCn1cc(CC(C)(C)C)cn1. The van der Waals surface area contributed by atoms with E-state index in [1.807, 2.05) is 31.1 Å². The average Bonchev–Trinajstić information content (AvgIpc) is 1.77. The van der Waals surface area contributed by atoms with Gasteiger partial charge in [0, 0.05) is 114 Å². The van der Waals surface area contributed by atoms with Gasteiger partial charge in [0.05, 0.1) is 30.3 Å². The second-order valence-corrected chi connectivity index (χ2v) is 51.2. The van der Waals surface area contributed by atoms with E-state index in [0.717, 1.165) is 114 Å². The topological polar surface area (TPSA) is 97.1 Å². The lowest BCUT2D eigenvalue weighted by Gasteiger charge is -2.17. The number of rotatable bonds is 32. The number of hydrogen-bond donors (Lipinski definition) is 0. The maximum atomic E-state index is 4.38. The Kier molecular flexibility index (Phi) is 59.4. The predicted molar refractivity (Wildman–Crippen MR) is 551 cm³/mol. The minimum absolute atomic E-state index is 0.0708. The Labute approximate surface area is 779 Å². The van der Waals surface area contributed by atoms with Crippen LogP contribution < -0.4 is 0 Å². The highest BCUT2D eigenvalue weighted by Gasteiger charge is 2.19. The molecular formula is C115H202N10. The molecule has 0 aromatic carbocycles. The van der Waals surface area contributed by atoms with Crippen molar-refractivity contribution in [3.63, 3.8) is 0 Å². The standard InChI is InChI=1S/C18H34.C17H29N3.C17H32.C16H27N3.C16H26N2.C16H30.C15H24N2/c1-17(2,3)15-13-11-9-7-8-10-12-14-16-18(4,5)6;1-16(2,3)11-9-7-8-10-12-20-14-15(18-19-20)13-17(4,5)6;1-16(2,3)14-12-10-8-7-9-11-13-15-17(4,5)6;1-15(2,3)10-8-7-9-11-19-13-14(17-18-19)12-16(4,5)6;1-15(2,3)9-7-8-10-18-13-14(12-17-18)11-16(4,5)6;1-15(2,3)13-11-9-7-8-10-12-14-16(4,5)6;1-14(2,3)8-7-9-17-12-13(11-16-17)10-15(4,5)6/h7-13,15H2,1-6H3;14H,7-8,10,12-13H2,1-6H3;7-12,14H2,1-6H3;13H,7,9,11-12H2,1-6H3;12-13H,8,10-11H2,1-6H3;7-11,13H2,1-6H3;11-12H,9-10H2,1-6H3. The van der Waals surface area contributed by atoms with Gasteiger partial charge >= 0.3 is 0 Å². The van der Waals surface area contributed by atoms with E-state index < -0.39 is 0 Å². The molecule has 0 saturated carbocycles. The van der Waals surface area contributed by atoms with Crippen molar-refractivity contribution in [1.29, 1.82) is 0 Å². The number of aryl methyl sites for hydroxylation is 3. The van der Waals surface area contributed by atoms with Crippen LogP contribution in [0.15, 0.2) is 37.2 Å². The first-order valence-electron chi connectivity index (χ1n) is 49.1. The molecule has 4 aromatic rings. The van der Waals surface area contributed by atoms with Gasteiger partial charge in [0.15, 0.2) is 0 Å². The number of nitrogens with zero attached hydrogens (tertiary/aromatic N) is 10. The van der Waals surface area contributed by atoms with Crippen LogP contribution in [-0.4, -0.2) is 49.5 Å². The van der Waals surface area contributed by atoms with Gasteiger partial charge in [0.1, 0.15) is 6.54 Å². The van der Waals surface area contributed by atoms with Gasteiger partial charge in [-0.25, -0.2) is 0 Å². The molecule has 0 amide bonds. The minimum Gasteiger partial charge on any atom is -0.272 e. The molecule has 0 fully saturated rings. The Morgan fingerprint density at radius 3 is 0.744 bits per heavy atom. The lowest BCUT2D eigenvalue weighted by molar-refractivity contribution is 0.356. The minimum atomic E-state index is 0.0708. The number of aromatic nitrogens is 10. The van der Waals surface area contributed by atoms with Gasteiger partial charge in [-0.15, -0.1) is 45.7 Å². The van der Waals surface area contributed by atoms with Gasteiger partial charge in [-0.05, 0) is 278 Å². The predicted octanol–water partition coefficient (Wildman–Crippen LogP) is 32.7. The first-order chi connectivity index (χ1) is 56.7. The lowest BCUT2D eigenvalue weighted by atomic mass is 9.89. The Balaban J connectivity index is -0.00000139. The monoisotopic (exact) mass is 1720 g/mol. The summed E-state index contributed by atoms with van der Waals surface area (Å²) >= 11 is 0. The molecule has 0 N–H and O–H groups in total. The van der Waals surface area contributed by atoms with Crippen LogP contribution in [0.2, 0.25) is 0 Å². The van der Waals surface area contributed by atoms with E-state index in [-0.39, 0.29) is 48.7 Å². The van der Waals surface area contributed by atoms with E-state index in [1.54, 1.807) is 0 Å². The van der Waals surface area contributed by atoms with Crippen LogP contribution in [0, 0.1) is 159 Å². The largest absolute Gasteiger partial charge is 0.272 e. The van der Waals surface area contributed by atoms with Crippen molar-refractivity contribution in [2.24, 2.45) is 75.8 Å². The van der Waals surface area contributed by atoms with Crippen molar-refractivity contribution in [2.45, 2.75) is 516 Å². The van der Waals surface area contributed by atoms with Gasteiger partial charge in [-0.1, -0.05) is 280 Å². The van der Waals surface area contributed by atoms with Crippen LogP contribution in [0.25, 0.3) is 0 Å². The number of hydrogen-bond acceptors (Lipinski definition) is 6. The molecule has 10 nitrogen and oxygen atoms in total. The summed E-state index contributed by atoms with van der Waals surface area (Å²) in [5, 5.41) is 25.5. The molecule has 0 aliphatic carbocycles. The maximum Gasteiger partial charge on any atom is 0.102 e. The third kappa shape index (κ3) is 99.6. The van der Waals surface area contributed by atoms with E-state index >= 15 is 0 Å². The molecule has 0 radical (unpaired) electrons. The third-order valence-corrected chi connectivity index (χ3v) is 17.7. The van der Waals surface area contributed by atoms with Crippen molar-refractivity contribution in [3.05, 3.63) is 59.7 Å². The summed E-state index contributed by atoms with van der Waals surface area (Å²) in [5.41, 5.74) is 8.37. The summed E-state index contributed by atoms with van der Waals surface area (Å²) in [6, 6.07) is 0. The fraction of sp³-hybridized carbons (Fsp3) is 0.791. The van der Waals surface area contributed by atoms with Crippen LogP contribution in [0.1, 0.15) is 487 Å². The highest BCUT2D eigenvalue weighted by molar-refractivity contribution is 5.14. The molecule has 712 valence electrons. The zero-order chi connectivity index (χ0) is 96.8. The van der Waals surface area contributed by atoms with Crippen molar-refractivity contribution < 1.29 is 0 Å². The van der Waals surface area contributed by atoms with Crippen molar-refractivity contribution in [2.75, 3.05) is 0 Å². The summed E-state index contributed by atoms with van der Waals surface area (Å²) in [4.78, 5) is 0. The zero-order valence-electron chi connectivity index (χ0n) is 90.7.